The van der Waals surface area contributed by atoms with Crippen LogP contribution < -0.4 is 0 Å². The number of hydrogen-bond donors (Lipinski definition) is 0. The van der Waals surface area contributed by atoms with Crippen LogP contribution in [0.1, 0.15) is 30.7 Å². The Bertz CT molecular complexity index is 1010. The highest BCUT2D eigenvalue weighted by Gasteiger charge is 2.27. The third-order valence-corrected chi connectivity index (χ3v) is 5.85. The molecule has 0 N–H and O–H groups in total. The van der Waals surface area contributed by atoms with Crippen molar-refractivity contribution in [2.24, 2.45) is 0 Å². The Kier molecular flexibility index (Phi) is 3.72. The largest absolute Gasteiger partial charge is 0.327 e. The summed E-state index contributed by atoms with van der Waals surface area (Å²) in [4.78, 5) is 11.8. The van der Waals surface area contributed by atoms with Gasteiger partial charge in [0.15, 0.2) is 0 Å². The molecule has 1 aromatic carbocycles. The number of nitriles is 1. The molecule has 1 aliphatic carbocycles. The van der Waals surface area contributed by atoms with Gasteiger partial charge in [0.1, 0.15) is 11.9 Å². The Morgan fingerprint density at radius 2 is 1.96 bits per heavy atom. The van der Waals surface area contributed by atoms with Crippen molar-refractivity contribution in [1.82, 2.24) is 19.4 Å². The van der Waals surface area contributed by atoms with Crippen LogP contribution in [0.2, 0.25) is 0 Å². The summed E-state index contributed by atoms with van der Waals surface area (Å²) in [5.74, 6) is 1.20. The highest BCUT2D eigenvalue weighted by atomic mass is 15.2. The Morgan fingerprint density at radius 1 is 1.04 bits per heavy atom. The molecule has 0 bridgehead atoms. The Labute approximate surface area is 152 Å². The number of imidazole rings is 1. The minimum Gasteiger partial charge on any atom is -0.327 e. The van der Waals surface area contributed by atoms with Gasteiger partial charge >= 0.3 is 0 Å². The van der Waals surface area contributed by atoms with Gasteiger partial charge in [-0.05, 0) is 36.6 Å². The van der Waals surface area contributed by atoms with Gasteiger partial charge in [-0.15, -0.1) is 0 Å². The van der Waals surface area contributed by atoms with Crippen LogP contribution in [0.15, 0.2) is 36.7 Å². The van der Waals surface area contributed by atoms with Crippen molar-refractivity contribution in [2.75, 3.05) is 13.1 Å². The van der Waals surface area contributed by atoms with Gasteiger partial charge in [0.25, 0.3) is 0 Å². The highest BCUT2D eigenvalue weighted by molar-refractivity contribution is 5.82. The van der Waals surface area contributed by atoms with Gasteiger partial charge in [-0.3, -0.25) is 9.88 Å². The lowest BCUT2D eigenvalue weighted by molar-refractivity contribution is 0.130. The van der Waals surface area contributed by atoms with Crippen molar-refractivity contribution in [2.45, 2.75) is 38.3 Å². The molecule has 1 fully saturated rings. The third-order valence-electron chi connectivity index (χ3n) is 5.85. The summed E-state index contributed by atoms with van der Waals surface area (Å²) in [6.45, 7) is 3.27. The lowest BCUT2D eigenvalue weighted by Gasteiger charge is -2.36. The molecule has 3 heterocycles. The number of hydrogen-bond acceptors (Lipinski definition) is 4. The standard InChI is InChI=1S/C21H21N5/c22-12-15-10-17(14-23-13-15)16-4-5-20-19(11-16)24-21-6-7-25(8-9-26(20)21)18-2-1-3-18/h4-5,10-11,13-14,18H,1-3,6-9H2. The molecule has 1 saturated carbocycles. The summed E-state index contributed by atoms with van der Waals surface area (Å²) in [7, 11) is 0. The van der Waals surface area contributed by atoms with Gasteiger partial charge in [-0.1, -0.05) is 12.5 Å². The van der Waals surface area contributed by atoms with Crippen molar-refractivity contribution in [3.8, 4) is 17.2 Å². The van der Waals surface area contributed by atoms with Gasteiger partial charge in [0.05, 0.1) is 16.6 Å². The van der Waals surface area contributed by atoms with E-state index in [1.807, 2.05) is 6.07 Å². The average molecular weight is 343 g/mol. The molecule has 0 atom stereocenters. The van der Waals surface area contributed by atoms with E-state index in [1.165, 1.54) is 30.6 Å². The van der Waals surface area contributed by atoms with E-state index in [0.717, 1.165) is 48.7 Å². The Balaban J connectivity index is 1.47. The van der Waals surface area contributed by atoms with Crippen LogP contribution in [0.3, 0.4) is 0 Å². The van der Waals surface area contributed by atoms with E-state index >= 15 is 0 Å². The first-order valence-electron chi connectivity index (χ1n) is 9.40. The number of aromatic nitrogens is 3. The minimum atomic E-state index is 0.583. The van der Waals surface area contributed by atoms with Gasteiger partial charge < -0.3 is 4.57 Å². The summed E-state index contributed by atoms with van der Waals surface area (Å²) in [6.07, 6.45) is 8.53. The molecule has 5 rings (SSSR count). The first-order chi connectivity index (χ1) is 12.8. The molecule has 2 aliphatic rings. The molecule has 0 spiro atoms. The molecule has 0 radical (unpaired) electrons. The van der Waals surface area contributed by atoms with E-state index in [2.05, 4.69) is 38.7 Å². The van der Waals surface area contributed by atoms with Crippen LogP contribution in [0.5, 0.6) is 0 Å². The van der Waals surface area contributed by atoms with E-state index in [9.17, 15) is 0 Å². The maximum atomic E-state index is 9.09. The maximum absolute atomic E-state index is 9.09. The second-order valence-electron chi connectivity index (χ2n) is 7.33. The van der Waals surface area contributed by atoms with Crippen LogP contribution >= 0.6 is 0 Å². The second-order valence-corrected chi connectivity index (χ2v) is 7.33. The summed E-state index contributed by atoms with van der Waals surface area (Å²) >= 11 is 0. The zero-order valence-electron chi connectivity index (χ0n) is 14.7. The summed E-state index contributed by atoms with van der Waals surface area (Å²) in [5.41, 5.74) is 4.86. The molecule has 5 heteroatoms. The van der Waals surface area contributed by atoms with E-state index in [1.54, 1.807) is 12.4 Å². The summed E-state index contributed by atoms with van der Waals surface area (Å²) in [5, 5.41) is 9.09. The average Bonchev–Trinajstić information content (AvgIpc) is 2.86. The monoisotopic (exact) mass is 343 g/mol. The van der Waals surface area contributed by atoms with Crippen molar-refractivity contribution >= 4 is 11.0 Å². The smallest absolute Gasteiger partial charge is 0.111 e. The fourth-order valence-corrected chi connectivity index (χ4v) is 4.16. The van der Waals surface area contributed by atoms with E-state index in [4.69, 9.17) is 10.2 Å². The molecular formula is C21H21N5. The SMILES string of the molecule is N#Cc1cncc(-c2ccc3c(c2)nc2n3CCN(C3CCC3)CC2)c1. The lowest BCUT2D eigenvalue weighted by Crippen LogP contribution is -2.41. The van der Waals surface area contributed by atoms with E-state index in [0.29, 0.717) is 5.56 Å². The van der Waals surface area contributed by atoms with Crippen LogP contribution in [-0.2, 0) is 13.0 Å². The van der Waals surface area contributed by atoms with Crippen LogP contribution in [-0.4, -0.2) is 38.6 Å². The van der Waals surface area contributed by atoms with Crippen molar-refractivity contribution in [3.63, 3.8) is 0 Å². The molecular weight excluding hydrogens is 322 g/mol. The molecule has 5 nitrogen and oxygen atoms in total. The second kappa shape index (κ2) is 6.22. The molecule has 0 unspecified atom stereocenters. The molecule has 2 aromatic heterocycles. The number of rotatable bonds is 2. The maximum Gasteiger partial charge on any atom is 0.111 e. The third kappa shape index (κ3) is 2.58. The number of fused-ring (bicyclic) bond motifs is 3. The Morgan fingerprint density at radius 3 is 2.77 bits per heavy atom. The molecule has 0 amide bonds. The minimum absolute atomic E-state index is 0.583. The quantitative estimate of drug-likeness (QED) is 0.716. The van der Waals surface area contributed by atoms with Crippen LogP contribution in [0.25, 0.3) is 22.2 Å². The normalized spacial score (nSPS) is 18.1. The van der Waals surface area contributed by atoms with Gasteiger partial charge in [0, 0.05) is 50.1 Å². The zero-order valence-corrected chi connectivity index (χ0v) is 14.7. The van der Waals surface area contributed by atoms with Crippen LogP contribution in [0.4, 0.5) is 0 Å². The van der Waals surface area contributed by atoms with Crippen LogP contribution in [0, 0.1) is 11.3 Å². The van der Waals surface area contributed by atoms with E-state index in [-0.39, 0.29) is 0 Å². The first kappa shape index (κ1) is 15.5. The number of nitrogens with zero attached hydrogens (tertiary/aromatic N) is 5. The van der Waals surface area contributed by atoms with Crippen molar-refractivity contribution in [3.05, 3.63) is 48.0 Å². The lowest BCUT2D eigenvalue weighted by atomic mass is 9.91. The predicted octanol–water partition coefficient (Wildman–Crippen LogP) is 3.38. The van der Waals surface area contributed by atoms with Gasteiger partial charge in [0.2, 0.25) is 0 Å². The summed E-state index contributed by atoms with van der Waals surface area (Å²) in [6, 6.07) is 11.2. The molecule has 0 saturated heterocycles. The fraction of sp³-hybridized carbons (Fsp3) is 0.381. The Hall–Kier alpha value is -2.71. The van der Waals surface area contributed by atoms with Gasteiger partial charge in [-0.25, -0.2) is 4.98 Å². The molecule has 130 valence electrons. The molecule has 1 aliphatic heterocycles. The fourth-order valence-electron chi connectivity index (χ4n) is 4.16. The molecule has 3 aromatic rings. The number of pyridine rings is 1. The summed E-state index contributed by atoms with van der Waals surface area (Å²) < 4.78 is 2.39. The van der Waals surface area contributed by atoms with E-state index < -0.39 is 0 Å². The predicted molar refractivity (Wildman–Crippen MR) is 101 cm³/mol. The van der Waals surface area contributed by atoms with Gasteiger partial charge in [-0.2, -0.15) is 5.26 Å². The zero-order chi connectivity index (χ0) is 17.5. The topological polar surface area (TPSA) is 57.7 Å². The highest BCUT2D eigenvalue weighted by Crippen LogP contribution is 2.29. The van der Waals surface area contributed by atoms with Crippen molar-refractivity contribution in [1.29, 1.82) is 5.26 Å². The first-order valence-corrected chi connectivity index (χ1v) is 9.40. The number of benzene rings is 1. The molecule has 26 heavy (non-hydrogen) atoms. The van der Waals surface area contributed by atoms with Crippen molar-refractivity contribution < 1.29 is 0 Å².